The van der Waals surface area contributed by atoms with E-state index in [-0.39, 0.29) is 6.71 Å². The van der Waals surface area contributed by atoms with E-state index in [4.69, 9.17) is 0 Å². The monoisotopic (exact) mass is 800 g/mol. The second kappa shape index (κ2) is 15.4. The molecule has 2 aliphatic heterocycles. The van der Waals surface area contributed by atoms with Crippen molar-refractivity contribution in [1.29, 1.82) is 0 Å². The molecule has 0 aromatic heterocycles. The summed E-state index contributed by atoms with van der Waals surface area (Å²) in [4.78, 5) is 5.10. The third kappa shape index (κ3) is 6.28. The molecule has 0 saturated heterocycles. The van der Waals surface area contributed by atoms with E-state index >= 15 is 0 Å². The van der Waals surface area contributed by atoms with Crippen molar-refractivity contribution in [2.45, 2.75) is 0 Å². The predicted octanol–water partition coefficient (Wildman–Crippen LogP) is 14.1. The molecule has 2 nitrogen and oxygen atoms in total. The Bertz CT molecular complexity index is 3280. The number of anilines is 6. The number of benzene rings is 10. The Labute approximate surface area is 369 Å². The van der Waals surface area contributed by atoms with Crippen molar-refractivity contribution in [1.82, 2.24) is 0 Å². The van der Waals surface area contributed by atoms with Gasteiger partial charge in [0.25, 0.3) is 6.71 Å². The number of rotatable bonds is 7. The SMILES string of the molecule is c1ccc(-c2cccc(N3c4ccc(-c5ccccc5)cc4B4c5c(-c6ccccc6)cccc5N(c5ccccc5-c5ccccc5)c5cc(-c6ccccc6)cc3c54)c2)cc1. The van der Waals surface area contributed by atoms with Crippen LogP contribution in [-0.4, -0.2) is 6.71 Å². The first-order valence-corrected chi connectivity index (χ1v) is 21.8. The zero-order chi connectivity index (χ0) is 41.7. The van der Waals surface area contributed by atoms with Crippen LogP contribution in [-0.2, 0) is 0 Å². The highest BCUT2D eigenvalue weighted by molar-refractivity contribution is 7.01. The zero-order valence-corrected chi connectivity index (χ0v) is 34.6. The van der Waals surface area contributed by atoms with E-state index in [9.17, 15) is 0 Å². The molecule has 63 heavy (non-hydrogen) atoms. The van der Waals surface area contributed by atoms with Gasteiger partial charge in [0, 0.05) is 34.0 Å². The van der Waals surface area contributed by atoms with Crippen LogP contribution < -0.4 is 26.2 Å². The van der Waals surface area contributed by atoms with Gasteiger partial charge in [0.15, 0.2) is 0 Å². The molecule has 0 fully saturated rings. The molecule has 10 aromatic carbocycles. The fourth-order valence-corrected chi connectivity index (χ4v) is 10.0. The lowest BCUT2D eigenvalue weighted by Gasteiger charge is -2.45. The molecule has 0 spiro atoms. The fourth-order valence-electron chi connectivity index (χ4n) is 10.0. The van der Waals surface area contributed by atoms with Crippen molar-refractivity contribution >= 4 is 57.2 Å². The maximum atomic E-state index is 2.57. The maximum Gasteiger partial charge on any atom is 0.252 e. The van der Waals surface area contributed by atoms with Crippen LogP contribution in [0.4, 0.5) is 34.1 Å². The van der Waals surface area contributed by atoms with Gasteiger partial charge in [-0.3, -0.25) is 0 Å². The number of nitrogens with zero attached hydrogens (tertiary/aromatic N) is 2. The van der Waals surface area contributed by atoms with Crippen LogP contribution in [0.5, 0.6) is 0 Å². The normalized spacial score (nSPS) is 12.3. The van der Waals surface area contributed by atoms with Gasteiger partial charge in [-0.2, -0.15) is 0 Å². The Morgan fingerprint density at radius 3 is 1.33 bits per heavy atom. The molecule has 0 unspecified atom stereocenters. The summed E-state index contributed by atoms with van der Waals surface area (Å²) in [6, 6.07) is 91.2. The molecule has 0 N–H and O–H groups in total. The van der Waals surface area contributed by atoms with E-state index in [2.05, 4.69) is 259 Å². The molecule has 2 aliphatic rings. The van der Waals surface area contributed by atoms with E-state index in [0.29, 0.717) is 0 Å². The van der Waals surface area contributed by atoms with Crippen LogP contribution in [0.25, 0.3) is 55.6 Å². The average Bonchev–Trinajstić information content (AvgIpc) is 3.37. The fraction of sp³-hybridized carbons (Fsp3) is 0. The lowest BCUT2D eigenvalue weighted by molar-refractivity contribution is 1.25. The summed E-state index contributed by atoms with van der Waals surface area (Å²) in [7, 11) is 0. The summed E-state index contributed by atoms with van der Waals surface area (Å²) in [5.41, 5.74) is 22.8. The Morgan fingerprint density at radius 1 is 0.238 bits per heavy atom. The highest BCUT2D eigenvalue weighted by atomic mass is 15.2. The summed E-state index contributed by atoms with van der Waals surface area (Å²) in [5, 5.41) is 0. The number of hydrogen-bond donors (Lipinski definition) is 0. The quantitative estimate of drug-likeness (QED) is 0.148. The zero-order valence-electron chi connectivity index (χ0n) is 34.6. The number of para-hydroxylation sites is 1. The molecular weight excluding hydrogens is 759 g/mol. The van der Waals surface area contributed by atoms with Gasteiger partial charge in [0.1, 0.15) is 0 Å². The van der Waals surface area contributed by atoms with Crippen molar-refractivity contribution in [2.75, 3.05) is 9.80 Å². The molecule has 0 amide bonds. The summed E-state index contributed by atoms with van der Waals surface area (Å²) < 4.78 is 0. The predicted molar refractivity (Wildman–Crippen MR) is 268 cm³/mol. The third-order valence-corrected chi connectivity index (χ3v) is 12.8. The minimum atomic E-state index is -0.0846. The van der Waals surface area contributed by atoms with E-state index in [1.165, 1.54) is 94.8 Å². The van der Waals surface area contributed by atoms with Crippen LogP contribution in [0.1, 0.15) is 0 Å². The van der Waals surface area contributed by atoms with Crippen LogP contribution in [0.2, 0.25) is 0 Å². The van der Waals surface area contributed by atoms with E-state index < -0.39 is 0 Å². The van der Waals surface area contributed by atoms with Crippen molar-refractivity contribution in [3.63, 3.8) is 0 Å². The van der Waals surface area contributed by atoms with Gasteiger partial charge >= 0.3 is 0 Å². The van der Waals surface area contributed by atoms with Crippen LogP contribution >= 0.6 is 0 Å². The summed E-state index contributed by atoms with van der Waals surface area (Å²) in [5.74, 6) is 0. The minimum absolute atomic E-state index is 0.0846. The van der Waals surface area contributed by atoms with E-state index in [1.807, 2.05) is 0 Å². The molecule has 12 rings (SSSR count). The van der Waals surface area contributed by atoms with E-state index in [0.717, 1.165) is 11.4 Å². The lowest BCUT2D eigenvalue weighted by atomic mass is 9.32. The second-order valence-electron chi connectivity index (χ2n) is 16.4. The average molecular weight is 801 g/mol. The maximum absolute atomic E-state index is 2.57. The highest BCUT2D eigenvalue weighted by Gasteiger charge is 2.45. The first-order chi connectivity index (χ1) is 31.3. The molecular formula is C60H41BN2. The highest BCUT2D eigenvalue weighted by Crippen LogP contribution is 2.49. The topological polar surface area (TPSA) is 6.48 Å². The minimum Gasteiger partial charge on any atom is -0.311 e. The standard InChI is InChI=1S/C60H41BN2/c1-6-20-42(21-7-1)47-30-18-31-50(38-47)62-55-37-36-48(43-22-8-2-9-23-43)39-53(55)61-59-52(46-28-14-5-15-29-46)33-19-35-56(59)63(54-34-17-16-32-51(54)45-26-12-4-13-27-45)58-41-49(40-57(62)60(58)61)44-24-10-3-11-25-44/h1-41H. The molecule has 0 atom stereocenters. The Hall–Kier alpha value is -8.14. The molecule has 2 heterocycles. The third-order valence-electron chi connectivity index (χ3n) is 12.8. The number of hydrogen-bond acceptors (Lipinski definition) is 2. The van der Waals surface area contributed by atoms with Gasteiger partial charge in [0.05, 0.1) is 5.69 Å². The molecule has 0 aliphatic carbocycles. The number of fused-ring (bicyclic) bond motifs is 4. The van der Waals surface area contributed by atoms with Crippen molar-refractivity contribution < 1.29 is 0 Å². The molecule has 3 heteroatoms. The summed E-state index contributed by atoms with van der Waals surface area (Å²) in [6.45, 7) is -0.0846. The first kappa shape index (κ1) is 36.7. The van der Waals surface area contributed by atoms with Gasteiger partial charge in [-0.15, -0.1) is 0 Å². The van der Waals surface area contributed by atoms with Gasteiger partial charge < -0.3 is 9.80 Å². The van der Waals surface area contributed by atoms with Crippen LogP contribution in [0, 0.1) is 0 Å². The van der Waals surface area contributed by atoms with Crippen LogP contribution in [0.15, 0.2) is 249 Å². The van der Waals surface area contributed by atoms with Gasteiger partial charge in [0.2, 0.25) is 0 Å². The van der Waals surface area contributed by atoms with Gasteiger partial charge in [-0.05, 0) is 109 Å². The van der Waals surface area contributed by atoms with E-state index in [1.54, 1.807) is 0 Å². The smallest absolute Gasteiger partial charge is 0.252 e. The second-order valence-corrected chi connectivity index (χ2v) is 16.4. The van der Waals surface area contributed by atoms with Gasteiger partial charge in [-0.25, -0.2) is 0 Å². The Morgan fingerprint density at radius 2 is 0.698 bits per heavy atom. The van der Waals surface area contributed by atoms with Crippen LogP contribution in [0.3, 0.4) is 0 Å². The summed E-state index contributed by atoms with van der Waals surface area (Å²) >= 11 is 0. The molecule has 294 valence electrons. The lowest BCUT2D eigenvalue weighted by Crippen LogP contribution is -2.62. The Balaban J connectivity index is 1.23. The first-order valence-electron chi connectivity index (χ1n) is 21.8. The molecule has 0 bridgehead atoms. The largest absolute Gasteiger partial charge is 0.311 e. The Kier molecular flexibility index (Phi) is 8.97. The van der Waals surface area contributed by atoms with Crippen molar-refractivity contribution in [3.8, 4) is 55.6 Å². The summed E-state index contributed by atoms with van der Waals surface area (Å²) in [6.07, 6.45) is 0. The molecule has 0 radical (unpaired) electrons. The molecule has 0 saturated carbocycles. The van der Waals surface area contributed by atoms with Crippen molar-refractivity contribution in [3.05, 3.63) is 249 Å². The van der Waals surface area contributed by atoms with Crippen molar-refractivity contribution in [2.24, 2.45) is 0 Å². The van der Waals surface area contributed by atoms with Gasteiger partial charge in [-0.1, -0.05) is 206 Å². The molecule has 10 aromatic rings.